The third-order valence-corrected chi connectivity index (χ3v) is 2.71. The van der Waals surface area contributed by atoms with Crippen LogP contribution in [0.2, 0.25) is 0 Å². The maximum atomic E-state index is 4.54. The van der Waals surface area contributed by atoms with Gasteiger partial charge < -0.3 is 5.32 Å². The van der Waals surface area contributed by atoms with E-state index in [9.17, 15) is 0 Å². The van der Waals surface area contributed by atoms with E-state index in [1.165, 1.54) is 0 Å². The third-order valence-electron chi connectivity index (χ3n) is 2.71. The lowest BCUT2D eigenvalue weighted by molar-refractivity contribution is 0.900. The van der Waals surface area contributed by atoms with E-state index >= 15 is 0 Å². The van der Waals surface area contributed by atoms with Gasteiger partial charge in [0.2, 0.25) is 0 Å². The van der Waals surface area contributed by atoms with Crippen molar-refractivity contribution in [1.29, 1.82) is 0 Å². The molecule has 0 aliphatic carbocycles. The molecule has 0 fully saturated rings. The first-order chi connectivity index (χ1) is 9.47. The topological polar surface area (TPSA) is 61.1 Å². The summed E-state index contributed by atoms with van der Waals surface area (Å²) in [7, 11) is 1.78. The van der Waals surface area contributed by atoms with E-state index in [2.05, 4.69) is 46.4 Å². The first-order valence-corrected chi connectivity index (χ1v) is 6.59. The van der Waals surface area contributed by atoms with Crippen LogP contribution in [0.5, 0.6) is 0 Å². The smallest absolute Gasteiger partial charge is 0.119 e. The molecule has 108 valence electrons. The van der Waals surface area contributed by atoms with Gasteiger partial charge in [-0.3, -0.25) is 10.4 Å². The fourth-order valence-corrected chi connectivity index (χ4v) is 1.79. The maximum absolute atomic E-state index is 4.54. The number of amidine groups is 1. The number of aliphatic imine (C=N–C) groups is 2. The second kappa shape index (κ2) is 7.43. The van der Waals surface area contributed by atoms with Crippen molar-refractivity contribution in [3.05, 3.63) is 23.8 Å². The first kappa shape index (κ1) is 15.9. The van der Waals surface area contributed by atoms with E-state index in [0.717, 1.165) is 22.6 Å². The number of hydrogen-bond acceptors (Lipinski definition) is 4. The Kier molecular flexibility index (Phi) is 5.90. The van der Waals surface area contributed by atoms with Gasteiger partial charge in [0.25, 0.3) is 0 Å². The van der Waals surface area contributed by atoms with Crippen molar-refractivity contribution in [1.82, 2.24) is 5.43 Å². The lowest BCUT2D eigenvalue weighted by atomic mass is 10.1. The lowest BCUT2D eigenvalue weighted by Crippen LogP contribution is -2.12. The van der Waals surface area contributed by atoms with Crippen LogP contribution in [-0.4, -0.2) is 31.4 Å². The number of hydrogen-bond donors (Lipinski definition) is 2. The highest BCUT2D eigenvalue weighted by Gasteiger charge is 2.07. The Labute approximate surface area is 120 Å². The zero-order valence-corrected chi connectivity index (χ0v) is 12.9. The van der Waals surface area contributed by atoms with Crippen LogP contribution in [0.3, 0.4) is 0 Å². The van der Waals surface area contributed by atoms with Crippen molar-refractivity contribution in [3.63, 3.8) is 0 Å². The van der Waals surface area contributed by atoms with Crippen molar-refractivity contribution in [2.24, 2.45) is 15.1 Å². The number of rotatable bonds is 5. The van der Waals surface area contributed by atoms with E-state index in [4.69, 9.17) is 0 Å². The molecule has 0 amide bonds. The molecule has 0 aromatic heterocycles. The summed E-state index contributed by atoms with van der Waals surface area (Å²) in [5.74, 6) is 0.687. The van der Waals surface area contributed by atoms with E-state index in [0.29, 0.717) is 11.9 Å². The van der Waals surface area contributed by atoms with Crippen LogP contribution < -0.4 is 10.7 Å². The van der Waals surface area contributed by atoms with Crippen LogP contribution >= 0.6 is 0 Å². The standard InChI is InChI=1S/C15H23N5/c1-10(2)18-13-7-8-14(11(3)16-5)15(9-13)19-12(4)20-17-6/h7-10,18H,6H2,1-5H3,(H,19,20). The van der Waals surface area contributed by atoms with Gasteiger partial charge in [0.15, 0.2) is 0 Å². The summed E-state index contributed by atoms with van der Waals surface area (Å²) >= 11 is 0. The van der Waals surface area contributed by atoms with Gasteiger partial charge in [-0.2, -0.15) is 5.10 Å². The van der Waals surface area contributed by atoms with Crippen LogP contribution in [0.25, 0.3) is 0 Å². The largest absolute Gasteiger partial charge is 0.383 e. The lowest BCUT2D eigenvalue weighted by Gasteiger charge is -2.13. The highest BCUT2D eigenvalue weighted by Crippen LogP contribution is 2.25. The van der Waals surface area contributed by atoms with Crippen molar-refractivity contribution in [2.75, 3.05) is 12.4 Å². The van der Waals surface area contributed by atoms with Crippen LogP contribution in [0.15, 0.2) is 33.3 Å². The molecule has 5 heteroatoms. The number of benzene rings is 1. The molecular formula is C15H23N5. The second-order valence-electron chi connectivity index (χ2n) is 4.81. The molecule has 0 spiro atoms. The van der Waals surface area contributed by atoms with Gasteiger partial charge in [-0.1, -0.05) is 0 Å². The predicted octanol–water partition coefficient (Wildman–Crippen LogP) is 3.20. The molecule has 0 heterocycles. The van der Waals surface area contributed by atoms with Gasteiger partial charge in [0.1, 0.15) is 5.84 Å². The Morgan fingerprint density at radius 1 is 1.25 bits per heavy atom. The quantitative estimate of drug-likeness (QED) is 0.491. The Morgan fingerprint density at radius 2 is 1.95 bits per heavy atom. The van der Waals surface area contributed by atoms with Crippen LogP contribution in [0.1, 0.15) is 33.3 Å². The molecule has 5 nitrogen and oxygen atoms in total. The van der Waals surface area contributed by atoms with E-state index < -0.39 is 0 Å². The highest BCUT2D eigenvalue weighted by molar-refractivity contribution is 6.04. The van der Waals surface area contributed by atoms with Crippen LogP contribution in [0.4, 0.5) is 11.4 Å². The van der Waals surface area contributed by atoms with Gasteiger partial charge in [0, 0.05) is 36.8 Å². The maximum Gasteiger partial charge on any atom is 0.119 e. The van der Waals surface area contributed by atoms with Crippen LogP contribution in [-0.2, 0) is 0 Å². The average molecular weight is 273 g/mol. The Balaban J connectivity index is 3.26. The molecular weight excluding hydrogens is 250 g/mol. The van der Waals surface area contributed by atoms with Crippen molar-refractivity contribution in [3.8, 4) is 0 Å². The predicted molar refractivity (Wildman–Crippen MR) is 88.8 cm³/mol. The molecule has 1 aromatic carbocycles. The van der Waals surface area contributed by atoms with E-state index in [1.807, 2.05) is 32.0 Å². The highest BCUT2D eigenvalue weighted by atomic mass is 15.3. The molecule has 0 radical (unpaired) electrons. The van der Waals surface area contributed by atoms with Gasteiger partial charge in [-0.05, 0) is 45.9 Å². The van der Waals surface area contributed by atoms with Gasteiger partial charge in [-0.15, -0.1) is 0 Å². The molecule has 0 aliphatic rings. The fraction of sp³-hybridized carbons (Fsp3) is 0.400. The number of hydrazone groups is 1. The normalized spacial score (nSPS) is 12.5. The Morgan fingerprint density at radius 3 is 2.50 bits per heavy atom. The zero-order valence-electron chi connectivity index (χ0n) is 12.9. The number of nitrogens with zero attached hydrogens (tertiary/aromatic N) is 3. The Bertz CT molecular complexity index is 529. The van der Waals surface area contributed by atoms with Gasteiger partial charge in [0.05, 0.1) is 5.69 Å². The molecule has 1 aromatic rings. The van der Waals surface area contributed by atoms with Crippen molar-refractivity contribution in [2.45, 2.75) is 33.7 Å². The van der Waals surface area contributed by atoms with Gasteiger partial charge >= 0.3 is 0 Å². The van der Waals surface area contributed by atoms with E-state index in [1.54, 1.807) is 7.05 Å². The monoisotopic (exact) mass is 273 g/mol. The summed E-state index contributed by atoms with van der Waals surface area (Å²) in [4.78, 5) is 8.77. The summed E-state index contributed by atoms with van der Waals surface area (Å²) in [5, 5.41) is 6.99. The molecule has 0 atom stereocenters. The third kappa shape index (κ3) is 4.50. The minimum absolute atomic E-state index is 0.368. The summed E-state index contributed by atoms with van der Waals surface area (Å²) in [6.45, 7) is 11.4. The van der Waals surface area contributed by atoms with E-state index in [-0.39, 0.29) is 0 Å². The first-order valence-electron chi connectivity index (χ1n) is 6.59. The summed E-state index contributed by atoms with van der Waals surface area (Å²) in [6.07, 6.45) is 0. The summed E-state index contributed by atoms with van der Waals surface area (Å²) in [5.41, 5.74) is 6.58. The summed E-state index contributed by atoms with van der Waals surface area (Å²) in [6, 6.07) is 6.45. The molecule has 20 heavy (non-hydrogen) atoms. The molecule has 0 aliphatic heterocycles. The fourth-order valence-electron chi connectivity index (χ4n) is 1.79. The molecule has 2 N–H and O–H groups in total. The van der Waals surface area contributed by atoms with Gasteiger partial charge in [-0.25, -0.2) is 4.99 Å². The Hall–Kier alpha value is -2.17. The average Bonchev–Trinajstić information content (AvgIpc) is 2.37. The molecule has 0 saturated heterocycles. The number of anilines is 1. The summed E-state index contributed by atoms with van der Waals surface area (Å²) < 4.78 is 0. The molecule has 0 saturated carbocycles. The second-order valence-corrected chi connectivity index (χ2v) is 4.81. The minimum Gasteiger partial charge on any atom is -0.383 e. The minimum atomic E-state index is 0.368. The SMILES string of the molecule is C=NNC(C)=Nc1cc(NC(C)C)ccc1C(C)=NC. The van der Waals surface area contributed by atoms with Crippen LogP contribution in [0, 0.1) is 0 Å². The van der Waals surface area contributed by atoms with Crippen molar-refractivity contribution >= 4 is 29.6 Å². The molecule has 1 rings (SSSR count). The molecule has 0 unspecified atom stereocenters. The van der Waals surface area contributed by atoms with Crippen molar-refractivity contribution < 1.29 is 0 Å². The zero-order chi connectivity index (χ0) is 15.1. The molecule has 0 bridgehead atoms. The number of nitrogens with one attached hydrogen (secondary N) is 2.